The highest BCUT2D eigenvalue weighted by atomic mass is 16.5. The van der Waals surface area contributed by atoms with Crippen LogP contribution >= 0.6 is 0 Å². The van der Waals surface area contributed by atoms with Crippen molar-refractivity contribution in [3.05, 3.63) is 267 Å². The number of ether oxygens (including phenoxy) is 1. The van der Waals surface area contributed by atoms with Gasteiger partial charge in [0.2, 0.25) is 0 Å². The molecule has 0 aliphatic heterocycles. The molecule has 10 aromatic carbocycles. The first-order chi connectivity index (χ1) is 41.5. The topological polar surface area (TPSA) is 40.8 Å². The van der Waals surface area contributed by atoms with Gasteiger partial charge in [0.1, 0.15) is 17.3 Å². The van der Waals surface area contributed by atoms with Crippen LogP contribution in [0.5, 0.6) is 11.5 Å². The molecule has 0 aliphatic rings. The third-order valence-electron chi connectivity index (χ3n) is 13.4. The maximum absolute atomic E-state index is 9.09. The summed E-state index contributed by atoms with van der Waals surface area (Å²) in [5.41, 5.74) is 7.63. The Morgan fingerprint density at radius 3 is 1.82 bits per heavy atom. The van der Waals surface area contributed by atoms with Gasteiger partial charge in [0.05, 0.1) is 58.2 Å². The Kier molecular flexibility index (Phi) is 7.27. The van der Waals surface area contributed by atoms with Crippen LogP contribution in [0.15, 0.2) is 255 Å². The second kappa shape index (κ2) is 17.3. The van der Waals surface area contributed by atoms with E-state index in [-0.39, 0.29) is 33.5 Å². The average molecular weight is 949 g/mol. The smallest absolute Gasteiger partial charge is 0.269 e. The molecule has 0 amide bonds. The summed E-state index contributed by atoms with van der Waals surface area (Å²) in [5, 5.41) is 4.00. The number of hydrogen-bond acceptors (Lipinski definition) is 2. The van der Waals surface area contributed by atoms with E-state index in [0.717, 1.165) is 49.3 Å². The zero-order chi connectivity index (χ0) is 59.6. The first-order valence-electron chi connectivity index (χ1n) is 30.1. The van der Waals surface area contributed by atoms with Crippen molar-refractivity contribution in [1.29, 1.82) is 0 Å². The van der Waals surface area contributed by atoms with Crippen LogP contribution in [0.3, 0.4) is 0 Å². The number of rotatable bonds is 9. The zero-order valence-corrected chi connectivity index (χ0v) is 38.6. The van der Waals surface area contributed by atoms with Crippen molar-refractivity contribution >= 4 is 54.6 Å². The second-order valence-corrected chi connectivity index (χ2v) is 17.6. The number of benzene rings is 10. The highest BCUT2D eigenvalue weighted by Crippen LogP contribution is 2.40. The number of hydrogen-bond donors (Lipinski definition) is 0. The van der Waals surface area contributed by atoms with E-state index in [2.05, 4.69) is 47.3 Å². The molecule has 0 aliphatic carbocycles. The van der Waals surface area contributed by atoms with E-state index in [9.17, 15) is 0 Å². The predicted octanol–water partition coefficient (Wildman–Crippen LogP) is 16.4. The number of aromatic nitrogens is 5. The van der Waals surface area contributed by atoms with Gasteiger partial charge in [0.15, 0.2) is 0 Å². The largest absolute Gasteiger partial charge is 0.458 e. The summed E-state index contributed by atoms with van der Waals surface area (Å²) in [6, 6.07) is 53.5. The SMILES string of the molecule is [2H]c1c([2H])c([2H])c(-c2cccc(-c3c([2H])c([2H])c([2H])c([2H])c3[2H])c2-[n+]2[c-]n(-c3cccc(Oc4ccc5c6cc(-n7c8ccccc8c8ccccc87)ccc6n(-c6cc(C([2H])([2H])[2H])c(-c7ccccc7)cn6)c5c4)c3)c3ccccc32)c([2H])c1[2H]. The van der Waals surface area contributed by atoms with Gasteiger partial charge in [0.25, 0.3) is 6.33 Å². The Bertz CT molecular complexity index is 4970. The van der Waals surface area contributed by atoms with Crippen molar-refractivity contribution in [2.75, 3.05) is 0 Å². The fraction of sp³-hybridized carbons (Fsp3) is 0.0149. The average Bonchev–Trinajstić information content (AvgIpc) is 2.31. The summed E-state index contributed by atoms with van der Waals surface area (Å²) in [4.78, 5) is 4.99. The highest BCUT2D eigenvalue weighted by molar-refractivity contribution is 6.12. The van der Waals surface area contributed by atoms with Crippen LogP contribution < -0.4 is 9.30 Å². The summed E-state index contributed by atoms with van der Waals surface area (Å²) in [6.45, 7) is -2.49. The van der Waals surface area contributed by atoms with Gasteiger partial charge in [-0.15, -0.1) is 0 Å². The molecule has 0 spiro atoms. The van der Waals surface area contributed by atoms with Gasteiger partial charge in [0, 0.05) is 49.2 Å². The molecule has 0 saturated heterocycles. The molecular weight excluding hydrogens is 891 g/mol. The van der Waals surface area contributed by atoms with Crippen LogP contribution in [0, 0.1) is 13.2 Å². The van der Waals surface area contributed by atoms with Crippen LogP contribution in [0.25, 0.3) is 111 Å². The van der Waals surface area contributed by atoms with E-state index in [1.807, 2.05) is 114 Å². The quantitative estimate of drug-likeness (QED) is 0.107. The van der Waals surface area contributed by atoms with E-state index >= 15 is 0 Å². The minimum absolute atomic E-state index is 0.125. The lowest BCUT2D eigenvalue weighted by molar-refractivity contribution is -0.571. The molecule has 0 atom stereocenters. The molecule has 14 aromatic rings. The molecule has 6 nitrogen and oxygen atoms in total. The molecule has 4 aromatic heterocycles. The lowest BCUT2D eigenvalue weighted by atomic mass is 9.95. The number of nitrogens with zero attached hydrogens (tertiary/aromatic N) is 5. The van der Waals surface area contributed by atoms with E-state index in [4.69, 9.17) is 27.5 Å². The molecule has 0 N–H and O–H groups in total. The molecule has 6 heteroatoms. The predicted molar refractivity (Wildman–Crippen MR) is 298 cm³/mol. The normalized spacial score (nSPS) is 14.3. The first-order valence-corrected chi connectivity index (χ1v) is 23.6. The Balaban J connectivity index is 0.933. The fourth-order valence-electron chi connectivity index (χ4n) is 10.2. The second-order valence-electron chi connectivity index (χ2n) is 17.6. The molecule has 4 heterocycles. The number of aryl methyl sites for hydroxylation is 1. The molecule has 0 fully saturated rings. The minimum atomic E-state index is -2.49. The van der Waals surface area contributed by atoms with Crippen molar-refractivity contribution < 1.29 is 27.1 Å². The molecule has 344 valence electrons. The summed E-state index contributed by atoms with van der Waals surface area (Å²) >= 11 is 0. The minimum Gasteiger partial charge on any atom is -0.458 e. The van der Waals surface area contributed by atoms with Gasteiger partial charge < -0.3 is 9.30 Å². The Hall–Kier alpha value is -9.78. The molecule has 0 radical (unpaired) electrons. The van der Waals surface area contributed by atoms with Crippen molar-refractivity contribution in [2.45, 2.75) is 6.85 Å². The van der Waals surface area contributed by atoms with E-state index in [0.29, 0.717) is 45.1 Å². The monoisotopic (exact) mass is 948 g/mol. The maximum atomic E-state index is 9.09. The van der Waals surface area contributed by atoms with Crippen LogP contribution in [-0.4, -0.2) is 18.7 Å². The number of para-hydroxylation sites is 5. The standard InChI is InChI=1S/C67H45N5O/c1-45-39-66(68-43-59(45)48-23-9-4-10-24-48)72-62-38-35-50(71-60-31-13-11-27-55(60)56-28-12-14-32-61(56)71)41-58(62)57-37-36-52(42-65(57)72)73-51-26-17-25-49(40-51)69-44-70(64-34-16-15-33-63(64)69)67-53(46-19-5-2-6-20-46)29-18-30-54(67)47-21-7-3-8-22-47/h2-43H,1H3/i1D3,2D,3D,5D,6D,7D,8D,19D,20D,21D,22D. The third-order valence-corrected chi connectivity index (χ3v) is 13.4. The van der Waals surface area contributed by atoms with Crippen molar-refractivity contribution in [1.82, 2.24) is 18.7 Å². The summed E-state index contributed by atoms with van der Waals surface area (Å²) in [5.74, 6) is 1.27. The van der Waals surface area contributed by atoms with Crippen molar-refractivity contribution in [3.63, 3.8) is 0 Å². The number of pyridine rings is 1. The van der Waals surface area contributed by atoms with Crippen LogP contribution in [0.1, 0.15) is 23.4 Å². The van der Waals surface area contributed by atoms with Crippen molar-refractivity contribution in [2.24, 2.45) is 0 Å². The molecule has 0 saturated carbocycles. The van der Waals surface area contributed by atoms with Crippen molar-refractivity contribution in [3.8, 4) is 67.8 Å². The Morgan fingerprint density at radius 2 is 1.10 bits per heavy atom. The Labute approximate surface area is 440 Å². The highest BCUT2D eigenvalue weighted by Gasteiger charge is 2.22. The summed E-state index contributed by atoms with van der Waals surface area (Å²) < 4.78 is 128. The van der Waals surface area contributed by atoms with E-state index in [1.165, 1.54) is 0 Å². The molecule has 14 rings (SSSR count). The van der Waals surface area contributed by atoms with Gasteiger partial charge >= 0.3 is 0 Å². The molecule has 0 bridgehead atoms. The van der Waals surface area contributed by atoms with Crippen LogP contribution in [0.2, 0.25) is 0 Å². The van der Waals surface area contributed by atoms with Gasteiger partial charge in [-0.2, -0.15) is 0 Å². The van der Waals surface area contributed by atoms with E-state index < -0.39 is 67.3 Å². The summed E-state index contributed by atoms with van der Waals surface area (Å²) in [6.07, 6.45) is 5.06. The molecular formula is C67H45N5O. The maximum Gasteiger partial charge on any atom is 0.269 e. The third kappa shape index (κ3) is 7.10. The molecule has 0 unspecified atom stereocenters. The van der Waals surface area contributed by atoms with Crippen LogP contribution in [-0.2, 0) is 0 Å². The Morgan fingerprint density at radius 1 is 0.466 bits per heavy atom. The van der Waals surface area contributed by atoms with E-state index in [1.54, 1.807) is 57.8 Å². The van der Waals surface area contributed by atoms with Gasteiger partial charge in [-0.1, -0.05) is 176 Å². The van der Waals surface area contributed by atoms with Crippen LogP contribution in [0.4, 0.5) is 0 Å². The fourth-order valence-corrected chi connectivity index (χ4v) is 10.2. The number of imidazole rings is 1. The summed E-state index contributed by atoms with van der Waals surface area (Å²) in [7, 11) is 0. The molecule has 73 heavy (non-hydrogen) atoms. The lowest BCUT2D eigenvalue weighted by Gasteiger charge is -2.17. The first kappa shape index (κ1) is 30.7. The zero-order valence-electron chi connectivity index (χ0n) is 51.6. The van der Waals surface area contributed by atoms with Gasteiger partial charge in [-0.3, -0.25) is 13.7 Å². The van der Waals surface area contributed by atoms with Gasteiger partial charge in [-0.25, -0.2) is 4.98 Å². The lowest BCUT2D eigenvalue weighted by Crippen LogP contribution is -2.31. The number of fused-ring (bicyclic) bond motifs is 7. The van der Waals surface area contributed by atoms with Gasteiger partial charge in [-0.05, 0) is 107 Å².